The molecule has 0 spiro atoms. The number of pyridine rings is 1. The summed E-state index contributed by atoms with van der Waals surface area (Å²) >= 11 is 0. The summed E-state index contributed by atoms with van der Waals surface area (Å²) in [4.78, 5) is 4.37. The second kappa shape index (κ2) is 7.48. The molecule has 0 saturated carbocycles. The van der Waals surface area contributed by atoms with Gasteiger partial charge in [-0.2, -0.15) is 0 Å². The third-order valence-corrected chi connectivity index (χ3v) is 11.6. The first kappa shape index (κ1) is 18.7. The SMILES string of the molecule is CC(C)[Si](C#CCc1ccc(F)c2cccnc12)(C(C)C)C(C)C. The Kier molecular flexibility index (Phi) is 5.82. The molecule has 0 radical (unpaired) electrons. The highest BCUT2D eigenvalue weighted by Gasteiger charge is 2.41. The molecule has 1 heterocycles. The molecular weight excluding hydrogens is 313 g/mol. The van der Waals surface area contributed by atoms with Gasteiger partial charge < -0.3 is 0 Å². The molecule has 0 amide bonds. The maximum atomic E-state index is 13.9. The number of fused-ring (bicyclic) bond motifs is 1. The van der Waals surface area contributed by atoms with Gasteiger partial charge in [-0.05, 0) is 40.4 Å². The molecule has 0 aliphatic carbocycles. The smallest absolute Gasteiger partial charge is 0.145 e. The number of rotatable bonds is 4. The van der Waals surface area contributed by atoms with Crippen LogP contribution in [0.4, 0.5) is 4.39 Å². The third kappa shape index (κ3) is 3.39. The Labute approximate surface area is 146 Å². The van der Waals surface area contributed by atoms with Gasteiger partial charge in [0, 0.05) is 18.0 Å². The first-order valence-electron chi connectivity index (χ1n) is 8.82. The molecule has 0 N–H and O–H groups in total. The Balaban J connectivity index is 2.41. The van der Waals surface area contributed by atoms with Gasteiger partial charge in [-0.3, -0.25) is 4.98 Å². The van der Waals surface area contributed by atoms with Crippen molar-refractivity contribution >= 4 is 19.0 Å². The van der Waals surface area contributed by atoms with E-state index < -0.39 is 8.07 Å². The molecule has 0 saturated heterocycles. The van der Waals surface area contributed by atoms with E-state index in [0.717, 1.165) is 11.1 Å². The first-order chi connectivity index (χ1) is 11.3. The van der Waals surface area contributed by atoms with Gasteiger partial charge in [0.1, 0.15) is 13.9 Å². The zero-order chi connectivity index (χ0) is 17.9. The lowest BCUT2D eigenvalue weighted by Gasteiger charge is -2.38. The monoisotopic (exact) mass is 341 g/mol. The number of hydrogen-bond donors (Lipinski definition) is 0. The molecular formula is C21H28FNSi. The summed E-state index contributed by atoms with van der Waals surface area (Å²) in [5.74, 6) is 3.23. The topological polar surface area (TPSA) is 12.9 Å². The fourth-order valence-electron chi connectivity index (χ4n) is 4.06. The minimum Gasteiger partial charge on any atom is -0.256 e. The summed E-state index contributed by atoms with van der Waals surface area (Å²) in [6.45, 7) is 13.9. The van der Waals surface area contributed by atoms with Gasteiger partial charge >= 0.3 is 0 Å². The van der Waals surface area contributed by atoms with Crippen molar-refractivity contribution in [2.75, 3.05) is 0 Å². The van der Waals surface area contributed by atoms with E-state index in [1.807, 2.05) is 6.07 Å². The van der Waals surface area contributed by atoms with Gasteiger partial charge in [0.25, 0.3) is 0 Å². The number of halogens is 1. The van der Waals surface area contributed by atoms with E-state index in [1.54, 1.807) is 18.3 Å². The van der Waals surface area contributed by atoms with Crippen molar-refractivity contribution in [1.29, 1.82) is 0 Å². The first-order valence-corrected chi connectivity index (χ1v) is 11.1. The van der Waals surface area contributed by atoms with Gasteiger partial charge in [-0.1, -0.05) is 47.6 Å². The summed E-state index contributed by atoms with van der Waals surface area (Å²) in [7, 11) is -1.72. The summed E-state index contributed by atoms with van der Waals surface area (Å²) in [5, 5.41) is 0.580. The van der Waals surface area contributed by atoms with Gasteiger partial charge in [0.2, 0.25) is 0 Å². The number of aromatic nitrogens is 1. The molecule has 24 heavy (non-hydrogen) atoms. The molecule has 0 unspecified atom stereocenters. The van der Waals surface area contributed by atoms with Crippen LogP contribution < -0.4 is 0 Å². The van der Waals surface area contributed by atoms with Crippen molar-refractivity contribution in [1.82, 2.24) is 4.98 Å². The van der Waals surface area contributed by atoms with Crippen LogP contribution in [0.2, 0.25) is 16.6 Å². The Morgan fingerprint density at radius 1 is 1.00 bits per heavy atom. The van der Waals surface area contributed by atoms with Crippen LogP contribution in [0.3, 0.4) is 0 Å². The lowest BCUT2D eigenvalue weighted by molar-refractivity contribution is 0.639. The molecule has 0 atom stereocenters. The fourth-order valence-corrected chi connectivity index (χ4v) is 9.33. The molecule has 0 bridgehead atoms. The maximum Gasteiger partial charge on any atom is 0.145 e. The van der Waals surface area contributed by atoms with Crippen molar-refractivity contribution in [3.05, 3.63) is 41.8 Å². The van der Waals surface area contributed by atoms with Gasteiger partial charge in [-0.15, -0.1) is 11.5 Å². The molecule has 1 aromatic carbocycles. The molecule has 2 aromatic rings. The zero-order valence-corrected chi connectivity index (χ0v) is 16.7. The maximum absolute atomic E-state index is 13.9. The quantitative estimate of drug-likeness (QED) is 0.481. The van der Waals surface area contributed by atoms with Crippen LogP contribution in [0.25, 0.3) is 10.9 Å². The van der Waals surface area contributed by atoms with E-state index in [4.69, 9.17) is 0 Å². The normalized spacial score (nSPS) is 12.1. The summed E-state index contributed by atoms with van der Waals surface area (Å²) < 4.78 is 13.9. The summed E-state index contributed by atoms with van der Waals surface area (Å²) in [5.41, 5.74) is 7.33. The van der Waals surface area contributed by atoms with Crippen molar-refractivity contribution in [3.8, 4) is 11.5 Å². The predicted octanol–water partition coefficient (Wildman–Crippen LogP) is 6.14. The average molecular weight is 342 g/mol. The van der Waals surface area contributed by atoms with Crippen LogP contribution in [-0.2, 0) is 6.42 Å². The molecule has 2 rings (SSSR count). The highest BCUT2D eigenvalue weighted by atomic mass is 28.3. The van der Waals surface area contributed by atoms with Crippen molar-refractivity contribution in [3.63, 3.8) is 0 Å². The lowest BCUT2D eigenvalue weighted by Crippen LogP contribution is -2.43. The third-order valence-electron chi connectivity index (χ3n) is 5.25. The standard InChI is InChI=1S/C21H28FNSi/c1-15(2)24(16(3)4,17(5)6)14-8-9-18-11-12-20(22)19-10-7-13-23-21(18)19/h7,10-13,15-17H,9H2,1-6H3. The van der Waals surface area contributed by atoms with E-state index in [2.05, 4.69) is 58.0 Å². The minimum atomic E-state index is -1.72. The Morgan fingerprint density at radius 2 is 1.62 bits per heavy atom. The van der Waals surface area contributed by atoms with E-state index in [9.17, 15) is 4.39 Å². The molecule has 3 heteroatoms. The zero-order valence-electron chi connectivity index (χ0n) is 15.7. The van der Waals surface area contributed by atoms with Crippen LogP contribution in [0, 0.1) is 17.3 Å². The lowest BCUT2D eigenvalue weighted by atomic mass is 10.1. The van der Waals surface area contributed by atoms with Gasteiger partial charge in [0.05, 0.1) is 5.52 Å². The molecule has 0 fully saturated rings. The highest BCUT2D eigenvalue weighted by Crippen LogP contribution is 2.40. The van der Waals surface area contributed by atoms with Crippen molar-refractivity contribution in [2.24, 2.45) is 0 Å². The Bertz CT molecular complexity index is 746. The minimum absolute atomic E-state index is 0.218. The second-order valence-corrected chi connectivity index (χ2v) is 13.1. The van der Waals surface area contributed by atoms with Crippen LogP contribution >= 0.6 is 0 Å². The second-order valence-electron chi connectivity index (χ2n) is 7.48. The van der Waals surface area contributed by atoms with Crippen LogP contribution in [0.15, 0.2) is 30.5 Å². The summed E-state index contributed by atoms with van der Waals surface area (Å²) in [6.07, 6.45) is 2.35. The van der Waals surface area contributed by atoms with Gasteiger partial charge in [0.15, 0.2) is 0 Å². The van der Waals surface area contributed by atoms with Crippen LogP contribution in [0.5, 0.6) is 0 Å². The van der Waals surface area contributed by atoms with Crippen LogP contribution in [-0.4, -0.2) is 13.1 Å². The fraction of sp³-hybridized carbons (Fsp3) is 0.476. The van der Waals surface area contributed by atoms with Crippen molar-refractivity contribution in [2.45, 2.75) is 64.6 Å². The number of benzene rings is 1. The van der Waals surface area contributed by atoms with E-state index in [-0.39, 0.29) is 5.82 Å². The Morgan fingerprint density at radius 3 is 2.21 bits per heavy atom. The van der Waals surface area contributed by atoms with E-state index in [1.165, 1.54) is 6.07 Å². The molecule has 128 valence electrons. The Hall–Kier alpha value is -1.66. The summed E-state index contributed by atoms with van der Waals surface area (Å²) in [6, 6.07) is 6.90. The number of nitrogens with zero attached hydrogens (tertiary/aromatic N) is 1. The molecule has 0 aliphatic rings. The van der Waals surface area contributed by atoms with Crippen molar-refractivity contribution < 1.29 is 4.39 Å². The van der Waals surface area contributed by atoms with Gasteiger partial charge in [-0.25, -0.2) is 4.39 Å². The molecule has 1 nitrogen and oxygen atoms in total. The van der Waals surface area contributed by atoms with E-state index >= 15 is 0 Å². The highest BCUT2D eigenvalue weighted by molar-refractivity contribution is 6.90. The average Bonchev–Trinajstić information content (AvgIpc) is 2.52. The largest absolute Gasteiger partial charge is 0.256 e. The molecule has 1 aromatic heterocycles. The predicted molar refractivity (Wildman–Crippen MR) is 104 cm³/mol. The van der Waals surface area contributed by atoms with E-state index in [0.29, 0.717) is 28.4 Å². The number of hydrogen-bond acceptors (Lipinski definition) is 1. The van der Waals surface area contributed by atoms with Crippen LogP contribution in [0.1, 0.15) is 47.1 Å². The molecule has 0 aliphatic heterocycles.